The first-order valence-electron chi connectivity index (χ1n) is 6.43. The van der Waals surface area contributed by atoms with Crippen LogP contribution in [0.5, 0.6) is 0 Å². The smallest absolute Gasteiger partial charge is 0.222 e. The van der Waals surface area contributed by atoms with Crippen LogP contribution in [0.4, 0.5) is 0 Å². The van der Waals surface area contributed by atoms with Gasteiger partial charge in [0.15, 0.2) is 0 Å². The average Bonchev–Trinajstić information content (AvgIpc) is 2.34. The number of carbonyl (C=O) groups excluding carboxylic acids is 1. The van der Waals surface area contributed by atoms with E-state index in [2.05, 4.69) is 38.1 Å². The van der Waals surface area contributed by atoms with Crippen LogP contribution in [0.3, 0.4) is 0 Å². The quantitative estimate of drug-likeness (QED) is 0.739. The maximum absolute atomic E-state index is 11.8. The zero-order valence-corrected chi connectivity index (χ0v) is 11.2. The maximum Gasteiger partial charge on any atom is 0.222 e. The van der Waals surface area contributed by atoms with Crippen LogP contribution in [0.25, 0.3) is 0 Å². The van der Waals surface area contributed by atoms with Crippen molar-refractivity contribution in [1.82, 2.24) is 4.90 Å². The molecule has 0 radical (unpaired) electrons. The van der Waals surface area contributed by atoms with E-state index in [0.717, 1.165) is 25.8 Å². The van der Waals surface area contributed by atoms with Crippen LogP contribution in [-0.4, -0.2) is 24.4 Å². The number of amides is 1. The van der Waals surface area contributed by atoms with Gasteiger partial charge in [-0.25, -0.2) is 0 Å². The van der Waals surface area contributed by atoms with Crippen molar-refractivity contribution in [2.45, 2.75) is 39.5 Å². The van der Waals surface area contributed by atoms with Crippen LogP contribution in [0.1, 0.15) is 37.3 Å². The molecule has 0 unspecified atom stereocenters. The van der Waals surface area contributed by atoms with Crippen LogP contribution < -0.4 is 0 Å². The number of carbonyl (C=O) groups is 1. The van der Waals surface area contributed by atoms with Crippen molar-refractivity contribution in [2.24, 2.45) is 0 Å². The van der Waals surface area contributed by atoms with E-state index in [-0.39, 0.29) is 5.91 Å². The number of unbranched alkanes of at least 4 members (excludes halogenated alkanes) is 1. The summed E-state index contributed by atoms with van der Waals surface area (Å²) in [6.45, 7) is 5.10. The third kappa shape index (κ3) is 5.03. The van der Waals surface area contributed by atoms with Gasteiger partial charge in [-0.05, 0) is 25.3 Å². The molecule has 0 aliphatic carbocycles. The summed E-state index contributed by atoms with van der Waals surface area (Å²) in [5.74, 6) is 0.249. The lowest BCUT2D eigenvalue weighted by atomic mass is 10.1. The highest BCUT2D eigenvalue weighted by atomic mass is 16.2. The zero-order chi connectivity index (χ0) is 12.7. The number of rotatable bonds is 6. The number of aryl methyl sites for hydroxylation is 2. The summed E-state index contributed by atoms with van der Waals surface area (Å²) in [5.41, 5.74) is 2.51. The van der Waals surface area contributed by atoms with Gasteiger partial charge in [0, 0.05) is 20.0 Å². The standard InChI is InChI=1S/C15H23NO/c1-4-5-12-16(3)15(17)11-10-14-8-6-13(2)7-9-14/h6-9H,4-5,10-12H2,1-3H3. The molecule has 0 heterocycles. The molecule has 1 rings (SSSR count). The predicted molar refractivity (Wildman–Crippen MR) is 72.0 cm³/mol. The fourth-order valence-corrected chi connectivity index (χ4v) is 1.72. The van der Waals surface area contributed by atoms with E-state index >= 15 is 0 Å². The molecular formula is C15H23NO. The summed E-state index contributed by atoms with van der Waals surface area (Å²) in [6.07, 6.45) is 3.68. The van der Waals surface area contributed by atoms with Crippen molar-refractivity contribution in [3.05, 3.63) is 35.4 Å². The summed E-state index contributed by atoms with van der Waals surface area (Å²) in [6, 6.07) is 8.41. The van der Waals surface area contributed by atoms with Gasteiger partial charge in [-0.15, -0.1) is 0 Å². The van der Waals surface area contributed by atoms with Crippen molar-refractivity contribution in [3.8, 4) is 0 Å². The average molecular weight is 233 g/mol. The van der Waals surface area contributed by atoms with E-state index in [9.17, 15) is 4.79 Å². The lowest BCUT2D eigenvalue weighted by Gasteiger charge is -2.16. The Kier molecular flexibility index (Phi) is 5.75. The highest BCUT2D eigenvalue weighted by Gasteiger charge is 2.07. The summed E-state index contributed by atoms with van der Waals surface area (Å²) < 4.78 is 0. The van der Waals surface area contributed by atoms with Crippen LogP contribution in [-0.2, 0) is 11.2 Å². The van der Waals surface area contributed by atoms with E-state index in [1.165, 1.54) is 11.1 Å². The fraction of sp³-hybridized carbons (Fsp3) is 0.533. The van der Waals surface area contributed by atoms with Gasteiger partial charge in [0.2, 0.25) is 5.91 Å². The normalized spacial score (nSPS) is 10.3. The van der Waals surface area contributed by atoms with Gasteiger partial charge >= 0.3 is 0 Å². The minimum atomic E-state index is 0.249. The Morgan fingerprint density at radius 1 is 1.24 bits per heavy atom. The van der Waals surface area contributed by atoms with Crippen LogP contribution in [0.15, 0.2) is 24.3 Å². The molecule has 0 fully saturated rings. The first-order chi connectivity index (χ1) is 8.13. The lowest BCUT2D eigenvalue weighted by Crippen LogP contribution is -2.27. The molecule has 0 saturated heterocycles. The first-order valence-corrected chi connectivity index (χ1v) is 6.43. The fourth-order valence-electron chi connectivity index (χ4n) is 1.72. The maximum atomic E-state index is 11.8. The molecule has 0 atom stereocenters. The van der Waals surface area contributed by atoms with Gasteiger partial charge in [0.25, 0.3) is 0 Å². The molecule has 2 heteroatoms. The van der Waals surface area contributed by atoms with E-state index < -0.39 is 0 Å². The Hall–Kier alpha value is -1.31. The SMILES string of the molecule is CCCCN(C)C(=O)CCc1ccc(C)cc1. The summed E-state index contributed by atoms with van der Waals surface area (Å²) in [7, 11) is 1.90. The van der Waals surface area contributed by atoms with Crippen molar-refractivity contribution >= 4 is 5.91 Å². The molecule has 2 nitrogen and oxygen atoms in total. The van der Waals surface area contributed by atoms with Gasteiger partial charge in [-0.2, -0.15) is 0 Å². The van der Waals surface area contributed by atoms with Crippen LogP contribution in [0, 0.1) is 6.92 Å². The van der Waals surface area contributed by atoms with E-state index in [1.807, 2.05) is 11.9 Å². The molecule has 0 N–H and O–H groups in total. The van der Waals surface area contributed by atoms with Crippen molar-refractivity contribution in [2.75, 3.05) is 13.6 Å². The minimum absolute atomic E-state index is 0.249. The largest absolute Gasteiger partial charge is 0.346 e. The van der Waals surface area contributed by atoms with Gasteiger partial charge in [0.05, 0.1) is 0 Å². The number of benzene rings is 1. The molecule has 1 aromatic carbocycles. The van der Waals surface area contributed by atoms with Gasteiger partial charge in [0.1, 0.15) is 0 Å². The third-order valence-electron chi connectivity index (χ3n) is 3.02. The molecule has 0 aliphatic heterocycles. The molecular weight excluding hydrogens is 210 g/mol. The zero-order valence-electron chi connectivity index (χ0n) is 11.2. The number of hydrogen-bond donors (Lipinski definition) is 0. The monoisotopic (exact) mass is 233 g/mol. The molecule has 94 valence electrons. The van der Waals surface area contributed by atoms with Crippen molar-refractivity contribution < 1.29 is 4.79 Å². The van der Waals surface area contributed by atoms with Gasteiger partial charge < -0.3 is 4.90 Å². The van der Waals surface area contributed by atoms with Crippen molar-refractivity contribution in [3.63, 3.8) is 0 Å². The third-order valence-corrected chi connectivity index (χ3v) is 3.02. The Bertz CT molecular complexity index is 342. The molecule has 0 spiro atoms. The minimum Gasteiger partial charge on any atom is -0.346 e. The molecule has 17 heavy (non-hydrogen) atoms. The number of hydrogen-bond acceptors (Lipinski definition) is 1. The second-order valence-corrected chi connectivity index (χ2v) is 4.65. The van der Waals surface area contributed by atoms with E-state index in [4.69, 9.17) is 0 Å². The van der Waals surface area contributed by atoms with E-state index in [1.54, 1.807) is 0 Å². The summed E-state index contributed by atoms with van der Waals surface area (Å²) in [4.78, 5) is 13.7. The second-order valence-electron chi connectivity index (χ2n) is 4.65. The lowest BCUT2D eigenvalue weighted by molar-refractivity contribution is -0.129. The highest BCUT2D eigenvalue weighted by Crippen LogP contribution is 2.07. The molecule has 1 aromatic rings. The van der Waals surface area contributed by atoms with Gasteiger partial charge in [-0.1, -0.05) is 43.2 Å². The van der Waals surface area contributed by atoms with Crippen molar-refractivity contribution in [1.29, 1.82) is 0 Å². The summed E-state index contributed by atoms with van der Waals surface area (Å²) >= 11 is 0. The topological polar surface area (TPSA) is 20.3 Å². The Morgan fingerprint density at radius 2 is 1.88 bits per heavy atom. The number of nitrogens with zero attached hydrogens (tertiary/aromatic N) is 1. The molecule has 1 amide bonds. The Labute approximate surface area is 105 Å². The molecule has 0 aromatic heterocycles. The van der Waals surface area contributed by atoms with Crippen LogP contribution in [0.2, 0.25) is 0 Å². The van der Waals surface area contributed by atoms with E-state index in [0.29, 0.717) is 6.42 Å². The molecule has 0 bridgehead atoms. The Balaban J connectivity index is 2.34. The predicted octanol–water partition coefficient (Wildman–Crippen LogP) is 3.19. The summed E-state index contributed by atoms with van der Waals surface area (Å²) in [5, 5.41) is 0. The Morgan fingerprint density at radius 3 is 2.47 bits per heavy atom. The second kappa shape index (κ2) is 7.10. The van der Waals surface area contributed by atoms with Gasteiger partial charge in [-0.3, -0.25) is 4.79 Å². The van der Waals surface area contributed by atoms with Crippen LogP contribution >= 0.6 is 0 Å². The highest BCUT2D eigenvalue weighted by molar-refractivity contribution is 5.76. The molecule has 0 aliphatic rings. The molecule has 0 saturated carbocycles. The first kappa shape index (κ1) is 13.8.